The molecule has 2 atom stereocenters. The van der Waals surface area contributed by atoms with Gasteiger partial charge in [0.2, 0.25) is 5.95 Å². The maximum atomic E-state index is 11.5. The summed E-state index contributed by atoms with van der Waals surface area (Å²) >= 11 is 0. The van der Waals surface area contributed by atoms with Gasteiger partial charge in [0.25, 0.3) is 0 Å². The zero-order chi connectivity index (χ0) is 22.4. The van der Waals surface area contributed by atoms with E-state index in [-0.39, 0.29) is 12.1 Å². The second kappa shape index (κ2) is 7.77. The van der Waals surface area contributed by atoms with Crippen molar-refractivity contribution < 1.29 is 9.90 Å². The predicted molar refractivity (Wildman–Crippen MR) is 124 cm³/mol. The van der Waals surface area contributed by atoms with Gasteiger partial charge in [-0.2, -0.15) is 0 Å². The van der Waals surface area contributed by atoms with E-state index in [1.165, 1.54) is 5.56 Å². The molecule has 2 aliphatic heterocycles. The summed E-state index contributed by atoms with van der Waals surface area (Å²) in [5.74, 6) is 1.58. The number of amides is 1. The largest absolute Gasteiger partial charge is 0.465 e. The van der Waals surface area contributed by atoms with Crippen LogP contribution in [0.3, 0.4) is 0 Å². The Balaban J connectivity index is 1.30. The number of aromatic nitrogens is 4. The number of anilines is 2. The van der Waals surface area contributed by atoms with Gasteiger partial charge in [-0.05, 0) is 24.1 Å². The first-order valence-corrected chi connectivity index (χ1v) is 11.0. The van der Waals surface area contributed by atoms with Crippen LogP contribution < -0.4 is 10.2 Å². The summed E-state index contributed by atoms with van der Waals surface area (Å²) in [6.07, 6.45) is 5.44. The van der Waals surface area contributed by atoms with Crippen molar-refractivity contribution in [2.45, 2.75) is 25.0 Å². The molecule has 9 nitrogen and oxygen atoms in total. The predicted octanol–water partition coefficient (Wildman–Crippen LogP) is 3.34. The average Bonchev–Trinajstić information content (AvgIpc) is 3.58. The molecule has 1 amide bonds. The summed E-state index contributed by atoms with van der Waals surface area (Å²) in [6, 6.07) is 16.2. The monoisotopic (exact) mass is 441 g/mol. The Morgan fingerprint density at radius 1 is 1.06 bits per heavy atom. The zero-order valence-electron chi connectivity index (χ0n) is 17.9. The van der Waals surface area contributed by atoms with E-state index in [2.05, 4.69) is 32.3 Å². The van der Waals surface area contributed by atoms with E-state index in [1.54, 1.807) is 17.3 Å². The molecule has 5 heterocycles. The molecule has 4 aromatic rings. The number of likely N-dealkylation sites (tertiary alicyclic amines) is 1. The minimum absolute atomic E-state index is 0.00578. The van der Waals surface area contributed by atoms with Crippen molar-refractivity contribution in [3.63, 3.8) is 0 Å². The number of carboxylic acid groups (broad SMARTS) is 1. The summed E-state index contributed by atoms with van der Waals surface area (Å²) in [4.78, 5) is 29.2. The first-order valence-electron chi connectivity index (χ1n) is 11.0. The number of pyridine rings is 1. The van der Waals surface area contributed by atoms with Gasteiger partial charge in [0.15, 0.2) is 0 Å². The third-order valence-electron chi connectivity index (χ3n) is 6.49. The normalized spacial score (nSPS) is 19.4. The number of nitrogens with one attached hydrogen (secondary N) is 1. The molecule has 0 radical (unpaired) electrons. The number of hydrogen-bond acceptors (Lipinski definition) is 6. The van der Waals surface area contributed by atoms with Crippen LogP contribution >= 0.6 is 0 Å². The second-order valence-corrected chi connectivity index (χ2v) is 8.50. The van der Waals surface area contributed by atoms with E-state index in [0.29, 0.717) is 19.6 Å². The van der Waals surface area contributed by atoms with Gasteiger partial charge in [-0.25, -0.2) is 19.7 Å². The fraction of sp³-hybridized carbons (Fsp3) is 0.250. The average molecular weight is 441 g/mol. The SMILES string of the molecule is O=C(O)N1CC2CC1CN2c1nc(-c2ccnc(NCc3ccccc3)c2)cc2nccn12. The van der Waals surface area contributed by atoms with Crippen molar-refractivity contribution in [1.29, 1.82) is 0 Å². The summed E-state index contributed by atoms with van der Waals surface area (Å²) < 4.78 is 1.98. The van der Waals surface area contributed by atoms with Gasteiger partial charge < -0.3 is 20.2 Å². The smallest absolute Gasteiger partial charge is 0.407 e. The maximum absolute atomic E-state index is 11.5. The quantitative estimate of drug-likeness (QED) is 0.490. The molecule has 2 unspecified atom stereocenters. The molecule has 2 fully saturated rings. The van der Waals surface area contributed by atoms with E-state index in [4.69, 9.17) is 4.98 Å². The van der Waals surface area contributed by atoms with Gasteiger partial charge in [0.05, 0.1) is 17.8 Å². The van der Waals surface area contributed by atoms with Crippen molar-refractivity contribution in [3.8, 4) is 11.3 Å². The standard InChI is InChI=1S/C24H23N7O2/c32-24(33)31-15-18-11-19(31)14-30(18)23-28-20(12-22-26-8-9-29(22)23)17-6-7-25-21(10-17)27-13-16-4-2-1-3-5-16/h1-10,12,18-19H,11,13-15H2,(H,25,27)(H,32,33). The zero-order valence-corrected chi connectivity index (χ0v) is 17.9. The Morgan fingerprint density at radius 3 is 2.73 bits per heavy atom. The van der Waals surface area contributed by atoms with Gasteiger partial charge >= 0.3 is 6.09 Å². The van der Waals surface area contributed by atoms with Gasteiger partial charge in [-0.15, -0.1) is 0 Å². The van der Waals surface area contributed by atoms with Crippen molar-refractivity contribution in [1.82, 2.24) is 24.3 Å². The van der Waals surface area contributed by atoms with Crippen LogP contribution in [0.5, 0.6) is 0 Å². The number of piperazine rings is 1. The summed E-state index contributed by atoms with van der Waals surface area (Å²) in [5, 5.41) is 12.8. The molecule has 0 spiro atoms. The number of imidazole rings is 1. The highest BCUT2D eigenvalue weighted by atomic mass is 16.4. The minimum Gasteiger partial charge on any atom is -0.465 e. The van der Waals surface area contributed by atoms with Crippen LogP contribution in [-0.2, 0) is 6.54 Å². The highest BCUT2D eigenvalue weighted by Crippen LogP contribution is 2.35. The maximum Gasteiger partial charge on any atom is 0.407 e. The lowest BCUT2D eigenvalue weighted by Crippen LogP contribution is -2.49. The van der Waals surface area contributed by atoms with E-state index in [0.717, 1.165) is 35.1 Å². The van der Waals surface area contributed by atoms with E-state index >= 15 is 0 Å². The topological polar surface area (TPSA) is 98.9 Å². The van der Waals surface area contributed by atoms with Crippen LogP contribution in [0.25, 0.3) is 16.9 Å². The lowest BCUT2D eigenvalue weighted by molar-refractivity contribution is 0.137. The van der Waals surface area contributed by atoms with Crippen LogP contribution in [0, 0.1) is 0 Å². The Kier molecular flexibility index (Phi) is 4.60. The molecule has 6 rings (SSSR count). The minimum atomic E-state index is -0.844. The fourth-order valence-electron chi connectivity index (χ4n) is 4.88. The molecule has 1 aromatic carbocycles. The molecule has 9 heteroatoms. The van der Waals surface area contributed by atoms with E-state index < -0.39 is 6.09 Å². The van der Waals surface area contributed by atoms with Crippen LogP contribution in [0.4, 0.5) is 16.6 Å². The number of rotatable bonds is 5. The molecule has 2 N–H and O–H groups in total. The van der Waals surface area contributed by atoms with Crippen LogP contribution in [0.2, 0.25) is 0 Å². The molecule has 0 saturated carbocycles. The third-order valence-corrected chi connectivity index (χ3v) is 6.49. The fourth-order valence-corrected chi connectivity index (χ4v) is 4.88. The van der Waals surface area contributed by atoms with E-state index in [1.807, 2.05) is 47.0 Å². The lowest BCUT2D eigenvalue weighted by Gasteiger charge is -2.33. The van der Waals surface area contributed by atoms with Crippen LogP contribution in [0.15, 0.2) is 67.1 Å². The van der Waals surface area contributed by atoms with Gasteiger partial charge in [0.1, 0.15) is 11.5 Å². The number of carbonyl (C=O) groups is 1. The molecule has 33 heavy (non-hydrogen) atoms. The van der Waals surface area contributed by atoms with Crippen molar-refractivity contribution in [2.24, 2.45) is 0 Å². The second-order valence-electron chi connectivity index (χ2n) is 8.50. The van der Waals surface area contributed by atoms with Gasteiger partial charge in [0, 0.05) is 49.9 Å². The molecule has 0 aliphatic carbocycles. The molecule has 166 valence electrons. The molecular weight excluding hydrogens is 418 g/mol. The Bertz CT molecular complexity index is 1320. The molecule has 2 saturated heterocycles. The number of hydrogen-bond donors (Lipinski definition) is 2. The van der Waals surface area contributed by atoms with Crippen LogP contribution in [-0.4, -0.2) is 60.6 Å². The number of nitrogens with zero attached hydrogens (tertiary/aromatic N) is 6. The van der Waals surface area contributed by atoms with Gasteiger partial charge in [-0.1, -0.05) is 30.3 Å². The number of benzene rings is 1. The Hall–Kier alpha value is -4.14. The van der Waals surface area contributed by atoms with Crippen LogP contribution in [0.1, 0.15) is 12.0 Å². The summed E-state index contributed by atoms with van der Waals surface area (Å²) in [7, 11) is 0. The molecular formula is C24H23N7O2. The summed E-state index contributed by atoms with van der Waals surface area (Å²) in [5.41, 5.74) is 3.75. The highest BCUT2D eigenvalue weighted by molar-refractivity contribution is 5.70. The molecule has 3 aromatic heterocycles. The van der Waals surface area contributed by atoms with Crippen molar-refractivity contribution in [3.05, 3.63) is 72.7 Å². The Morgan fingerprint density at radius 2 is 1.94 bits per heavy atom. The third kappa shape index (κ3) is 3.51. The van der Waals surface area contributed by atoms with Crippen molar-refractivity contribution in [2.75, 3.05) is 23.3 Å². The summed E-state index contributed by atoms with van der Waals surface area (Å²) in [6.45, 7) is 1.83. The van der Waals surface area contributed by atoms with E-state index in [9.17, 15) is 9.90 Å². The number of fused-ring (bicyclic) bond motifs is 3. The first kappa shape index (κ1) is 19.5. The molecule has 2 bridgehead atoms. The first-order chi connectivity index (χ1) is 16.2. The molecule has 2 aliphatic rings. The highest BCUT2D eigenvalue weighted by Gasteiger charge is 2.46. The Labute approximate surface area is 190 Å². The van der Waals surface area contributed by atoms with Crippen molar-refractivity contribution >= 4 is 23.5 Å². The lowest BCUT2D eigenvalue weighted by atomic mass is 10.2. The van der Waals surface area contributed by atoms with Gasteiger partial charge in [-0.3, -0.25) is 4.40 Å².